The molecule has 2 heterocycles. The van der Waals surface area contributed by atoms with Gasteiger partial charge in [0.2, 0.25) is 0 Å². The Kier molecular flexibility index (Phi) is 4.46. The molecular formula is C17H20F2N2O2. The summed E-state index contributed by atoms with van der Waals surface area (Å²) in [4.78, 5) is 4.15. The van der Waals surface area contributed by atoms with Crippen molar-refractivity contribution >= 4 is 0 Å². The van der Waals surface area contributed by atoms with Gasteiger partial charge in [-0.15, -0.1) is 0 Å². The van der Waals surface area contributed by atoms with Crippen molar-refractivity contribution in [2.45, 2.75) is 26.3 Å². The summed E-state index contributed by atoms with van der Waals surface area (Å²) in [6.07, 6.45) is 4.64. The lowest BCUT2D eigenvalue weighted by molar-refractivity contribution is -0.0250. The summed E-state index contributed by atoms with van der Waals surface area (Å²) in [5, 5.41) is 9.82. The second kappa shape index (κ2) is 6.37. The Hall–Kier alpha value is -1.79. The van der Waals surface area contributed by atoms with Gasteiger partial charge >= 0.3 is 0 Å². The van der Waals surface area contributed by atoms with E-state index in [4.69, 9.17) is 4.74 Å². The molecule has 1 aromatic carbocycles. The van der Waals surface area contributed by atoms with Crippen molar-refractivity contribution in [2.24, 2.45) is 5.41 Å². The third-order valence-corrected chi connectivity index (χ3v) is 4.62. The van der Waals surface area contributed by atoms with Gasteiger partial charge in [0.1, 0.15) is 17.5 Å². The lowest BCUT2D eigenvalue weighted by Gasteiger charge is -2.36. The van der Waals surface area contributed by atoms with Gasteiger partial charge in [-0.3, -0.25) is 0 Å². The second-order valence-electron chi connectivity index (χ2n) is 6.20. The molecule has 1 saturated heterocycles. The van der Waals surface area contributed by atoms with Crippen LogP contribution in [0.1, 0.15) is 18.4 Å². The first kappa shape index (κ1) is 16.1. The molecule has 1 aliphatic rings. The lowest BCUT2D eigenvalue weighted by atomic mass is 9.81. The summed E-state index contributed by atoms with van der Waals surface area (Å²) in [6, 6.07) is 2.66. The number of aromatic nitrogens is 2. The number of hydrogen-bond donors (Lipinski definition) is 1. The number of aliphatic hydroxyl groups excluding tert-OH is 1. The summed E-state index contributed by atoms with van der Waals surface area (Å²) in [5.74, 6) is -0.976. The maximum absolute atomic E-state index is 14.4. The maximum Gasteiger partial charge on any atom is 0.145 e. The number of benzene rings is 1. The van der Waals surface area contributed by atoms with E-state index in [9.17, 15) is 13.9 Å². The monoisotopic (exact) mass is 322 g/mol. The number of rotatable bonds is 4. The van der Waals surface area contributed by atoms with Crippen molar-refractivity contribution in [2.75, 3.05) is 19.8 Å². The van der Waals surface area contributed by atoms with Crippen LogP contribution in [0.15, 0.2) is 24.5 Å². The molecule has 0 spiro atoms. The molecule has 1 N–H and O–H groups in total. The van der Waals surface area contributed by atoms with Gasteiger partial charge in [0.05, 0.1) is 12.2 Å². The minimum absolute atomic E-state index is 0.00671. The van der Waals surface area contributed by atoms with Crippen LogP contribution in [0.2, 0.25) is 0 Å². The lowest BCUT2D eigenvalue weighted by Crippen LogP contribution is -2.37. The van der Waals surface area contributed by atoms with E-state index >= 15 is 0 Å². The van der Waals surface area contributed by atoms with Crippen molar-refractivity contribution in [1.82, 2.24) is 9.55 Å². The van der Waals surface area contributed by atoms with Gasteiger partial charge in [-0.25, -0.2) is 13.8 Å². The van der Waals surface area contributed by atoms with E-state index in [0.717, 1.165) is 0 Å². The van der Waals surface area contributed by atoms with Crippen LogP contribution < -0.4 is 0 Å². The maximum atomic E-state index is 14.4. The average molecular weight is 322 g/mol. The highest BCUT2D eigenvalue weighted by atomic mass is 19.1. The van der Waals surface area contributed by atoms with Crippen molar-refractivity contribution in [3.8, 4) is 11.4 Å². The molecule has 1 aromatic heterocycles. The van der Waals surface area contributed by atoms with E-state index in [-0.39, 0.29) is 23.4 Å². The van der Waals surface area contributed by atoms with Gasteiger partial charge in [-0.05, 0) is 31.4 Å². The van der Waals surface area contributed by atoms with Crippen LogP contribution in [0.25, 0.3) is 11.4 Å². The number of ether oxygens (including phenoxy) is 1. The summed E-state index contributed by atoms with van der Waals surface area (Å²) >= 11 is 0. The Morgan fingerprint density at radius 2 is 2.04 bits per heavy atom. The molecule has 0 amide bonds. The van der Waals surface area contributed by atoms with E-state index in [1.807, 2.05) is 0 Å². The molecule has 0 aliphatic carbocycles. The third-order valence-electron chi connectivity index (χ3n) is 4.62. The Labute approximate surface area is 133 Å². The molecule has 4 nitrogen and oxygen atoms in total. The summed E-state index contributed by atoms with van der Waals surface area (Å²) < 4.78 is 35.6. The fourth-order valence-electron chi connectivity index (χ4n) is 3.06. The van der Waals surface area contributed by atoms with Crippen LogP contribution in [-0.2, 0) is 11.3 Å². The molecule has 0 bridgehead atoms. The van der Waals surface area contributed by atoms with Crippen molar-refractivity contribution in [3.05, 3.63) is 41.7 Å². The number of aryl methyl sites for hydroxylation is 1. The predicted octanol–water partition coefficient (Wildman–Crippen LogP) is 2.93. The van der Waals surface area contributed by atoms with Crippen LogP contribution in [0.3, 0.4) is 0 Å². The molecule has 0 radical (unpaired) electrons. The number of hydrogen-bond acceptors (Lipinski definition) is 3. The zero-order chi connectivity index (χ0) is 16.4. The molecule has 23 heavy (non-hydrogen) atoms. The first-order valence-corrected chi connectivity index (χ1v) is 7.71. The van der Waals surface area contributed by atoms with E-state index in [1.165, 1.54) is 18.3 Å². The molecule has 1 aliphatic heterocycles. The molecule has 3 rings (SSSR count). The molecule has 0 atom stereocenters. The van der Waals surface area contributed by atoms with Gasteiger partial charge in [0.15, 0.2) is 0 Å². The number of halogens is 2. The smallest absolute Gasteiger partial charge is 0.145 e. The first-order valence-electron chi connectivity index (χ1n) is 7.71. The van der Waals surface area contributed by atoms with Gasteiger partial charge in [-0.2, -0.15) is 0 Å². The molecule has 2 aromatic rings. The highest BCUT2D eigenvalue weighted by Gasteiger charge is 2.33. The van der Waals surface area contributed by atoms with Gasteiger partial charge in [0, 0.05) is 37.6 Å². The van der Waals surface area contributed by atoms with E-state index in [1.54, 1.807) is 17.7 Å². The zero-order valence-corrected chi connectivity index (χ0v) is 13.1. The van der Waals surface area contributed by atoms with Crippen LogP contribution in [0.5, 0.6) is 0 Å². The van der Waals surface area contributed by atoms with Gasteiger partial charge in [-0.1, -0.05) is 6.07 Å². The predicted molar refractivity (Wildman–Crippen MR) is 81.9 cm³/mol. The molecule has 1 fully saturated rings. The fourth-order valence-corrected chi connectivity index (χ4v) is 3.06. The summed E-state index contributed by atoms with van der Waals surface area (Å²) in [5.41, 5.74) is -0.0844. The highest BCUT2D eigenvalue weighted by Crippen LogP contribution is 2.34. The zero-order valence-electron chi connectivity index (χ0n) is 13.1. The Bertz CT molecular complexity index is 694. The van der Waals surface area contributed by atoms with E-state index in [0.29, 0.717) is 38.2 Å². The Morgan fingerprint density at radius 1 is 1.30 bits per heavy atom. The standard InChI is InChI=1S/C17H20F2N2O2/c1-12-2-3-13(18)14(15(12)19)16-20-6-7-21(16)10-17(11-22)4-8-23-9-5-17/h2-3,6-7,22H,4-5,8-11H2,1H3. The quantitative estimate of drug-likeness (QED) is 0.941. The molecular weight excluding hydrogens is 302 g/mol. The minimum Gasteiger partial charge on any atom is -0.396 e. The van der Waals surface area contributed by atoms with Crippen LogP contribution in [0, 0.1) is 24.0 Å². The van der Waals surface area contributed by atoms with Crippen molar-refractivity contribution in [1.29, 1.82) is 0 Å². The Morgan fingerprint density at radius 3 is 2.74 bits per heavy atom. The normalized spacial score (nSPS) is 17.4. The van der Waals surface area contributed by atoms with Crippen LogP contribution in [-0.4, -0.2) is 34.5 Å². The van der Waals surface area contributed by atoms with Crippen LogP contribution >= 0.6 is 0 Å². The Balaban J connectivity index is 1.99. The average Bonchev–Trinajstić information content (AvgIpc) is 3.00. The third kappa shape index (κ3) is 3.01. The summed E-state index contributed by atoms with van der Waals surface area (Å²) in [7, 11) is 0. The topological polar surface area (TPSA) is 47.3 Å². The number of aliphatic hydroxyl groups is 1. The summed E-state index contributed by atoms with van der Waals surface area (Å²) in [6.45, 7) is 3.22. The first-order chi connectivity index (χ1) is 11.1. The van der Waals surface area contributed by atoms with Gasteiger partial charge < -0.3 is 14.4 Å². The molecule has 0 unspecified atom stereocenters. The molecule has 0 saturated carbocycles. The minimum atomic E-state index is -0.634. The second-order valence-corrected chi connectivity index (χ2v) is 6.20. The number of nitrogens with zero attached hydrogens (tertiary/aromatic N) is 2. The van der Waals surface area contributed by atoms with E-state index in [2.05, 4.69) is 4.98 Å². The SMILES string of the molecule is Cc1ccc(F)c(-c2nccn2CC2(CO)CCOCC2)c1F. The highest BCUT2D eigenvalue weighted by molar-refractivity contribution is 5.59. The van der Waals surface area contributed by atoms with Crippen molar-refractivity contribution < 1.29 is 18.6 Å². The van der Waals surface area contributed by atoms with Gasteiger partial charge in [0.25, 0.3) is 0 Å². The number of imidazole rings is 1. The van der Waals surface area contributed by atoms with Crippen LogP contribution in [0.4, 0.5) is 8.78 Å². The van der Waals surface area contributed by atoms with Crippen molar-refractivity contribution in [3.63, 3.8) is 0 Å². The van der Waals surface area contributed by atoms with E-state index < -0.39 is 11.6 Å². The molecule has 124 valence electrons. The largest absolute Gasteiger partial charge is 0.396 e. The fraction of sp³-hybridized carbons (Fsp3) is 0.471. The molecule has 6 heteroatoms.